The first-order valence-corrected chi connectivity index (χ1v) is 7.33. The zero-order valence-corrected chi connectivity index (χ0v) is 11.3. The fraction of sp³-hybridized carbons (Fsp3) is 0.800. The molecule has 0 saturated carbocycles. The third kappa shape index (κ3) is 4.26. The molecule has 1 rings (SSSR count). The molecule has 1 aliphatic heterocycles. The molecular formula is C10H18N2O5S. The lowest BCUT2D eigenvalue weighted by Crippen LogP contribution is -2.41. The fourth-order valence-corrected chi connectivity index (χ4v) is 3.01. The molecule has 1 saturated heterocycles. The minimum atomic E-state index is -3.53. The number of esters is 1. The van der Waals surface area contributed by atoms with Gasteiger partial charge in [0, 0.05) is 20.0 Å². The number of carbonyl (C=O) groups is 2. The zero-order chi connectivity index (χ0) is 13.8. The Morgan fingerprint density at radius 3 is 2.72 bits per heavy atom. The average Bonchev–Trinajstić information content (AvgIpc) is 2.60. The van der Waals surface area contributed by atoms with E-state index in [9.17, 15) is 18.0 Å². The molecule has 1 atom stereocenters. The van der Waals surface area contributed by atoms with E-state index in [2.05, 4.69) is 9.46 Å². The summed E-state index contributed by atoms with van der Waals surface area (Å²) in [6.07, 6.45) is 0.709. The number of likely N-dealkylation sites (tertiary alicyclic amines) is 1. The number of nitrogens with zero attached hydrogens (tertiary/aromatic N) is 1. The first-order valence-electron chi connectivity index (χ1n) is 5.67. The van der Waals surface area contributed by atoms with Gasteiger partial charge in [0.1, 0.15) is 6.04 Å². The fourth-order valence-electron chi connectivity index (χ4n) is 1.72. The Bertz CT molecular complexity index is 420. The number of sulfonamides is 1. The molecule has 1 aliphatic rings. The van der Waals surface area contributed by atoms with Gasteiger partial charge in [0.15, 0.2) is 0 Å². The van der Waals surface area contributed by atoms with Crippen molar-refractivity contribution in [1.82, 2.24) is 9.62 Å². The van der Waals surface area contributed by atoms with Crippen molar-refractivity contribution in [3.8, 4) is 0 Å². The molecule has 0 aromatic rings. The molecule has 0 radical (unpaired) electrons. The molecule has 1 N–H and O–H groups in total. The van der Waals surface area contributed by atoms with Crippen molar-refractivity contribution >= 4 is 21.9 Å². The van der Waals surface area contributed by atoms with E-state index in [0.29, 0.717) is 13.0 Å². The highest BCUT2D eigenvalue weighted by Gasteiger charge is 2.32. The molecule has 1 amide bonds. The monoisotopic (exact) mass is 278 g/mol. The van der Waals surface area contributed by atoms with Gasteiger partial charge in [-0.05, 0) is 12.8 Å². The molecule has 0 aromatic carbocycles. The highest BCUT2D eigenvalue weighted by Crippen LogP contribution is 2.10. The first kappa shape index (κ1) is 14.9. The number of hydrogen-bond donors (Lipinski definition) is 1. The van der Waals surface area contributed by atoms with Gasteiger partial charge >= 0.3 is 5.97 Å². The van der Waals surface area contributed by atoms with Gasteiger partial charge in [-0.3, -0.25) is 9.59 Å². The molecule has 18 heavy (non-hydrogen) atoms. The number of methoxy groups -OCH3 is 1. The second-order valence-electron chi connectivity index (χ2n) is 4.22. The molecule has 7 nitrogen and oxygen atoms in total. The summed E-state index contributed by atoms with van der Waals surface area (Å²) in [5.41, 5.74) is 0. The van der Waals surface area contributed by atoms with Crippen molar-refractivity contribution in [1.29, 1.82) is 0 Å². The van der Waals surface area contributed by atoms with Crippen LogP contribution in [0.5, 0.6) is 0 Å². The van der Waals surface area contributed by atoms with Crippen molar-refractivity contribution < 1.29 is 22.7 Å². The molecule has 1 fully saturated rings. The van der Waals surface area contributed by atoms with E-state index >= 15 is 0 Å². The van der Waals surface area contributed by atoms with Gasteiger partial charge in [-0.2, -0.15) is 0 Å². The van der Waals surface area contributed by atoms with Crippen LogP contribution in [0.3, 0.4) is 0 Å². The standard InChI is InChI=1S/C10H18N2O5S/c1-12-6-5-8(10(12)14)11-18(15,16)7-3-4-9(13)17-2/h8,11H,3-7H2,1-2H3. The summed E-state index contributed by atoms with van der Waals surface area (Å²) in [7, 11) is -0.646. The van der Waals surface area contributed by atoms with Gasteiger partial charge in [0.2, 0.25) is 15.9 Å². The number of rotatable bonds is 6. The molecular weight excluding hydrogens is 260 g/mol. The Labute approximate surface area is 107 Å². The van der Waals surface area contributed by atoms with Crippen LogP contribution in [0.1, 0.15) is 19.3 Å². The van der Waals surface area contributed by atoms with Crippen LogP contribution in [0, 0.1) is 0 Å². The Hall–Kier alpha value is -1.15. The molecule has 0 bridgehead atoms. The van der Waals surface area contributed by atoms with E-state index in [1.807, 2.05) is 0 Å². The van der Waals surface area contributed by atoms with Crippen molar-refractivity contribution in [3.63, 3.8) is 0 Å². The summed E-state index contributed by atoms with van der Waals surface area (Å²) < 4.78 is 30.1. The molecule has 0 aliphatic carbocycles. The maximum absolute atomic E-state index is 11.7. The lowest BCUT2D eigenvalue weighted by molar-refractivity contribution is -0.140. The third-order valence-corrected chi connectivity index (χ3v) is 4.24. The van der Waals surface area contributed by atoms with Crippen LogP contribution in [-0.2, 0) is 24.3 Å². The van der Waals surface area contributed by atoms with Crippen molar-refractivity contribution in [3.05, 3.63) is 0 Å². The van der Waals surface area contributed by atoms with Crippen LogP contribution >= 0.6 is 0 Å². The maximum atomic E-state index is 11.7. The highest BCUT2D eigenvalue weighted by atomic mass is 32.2. The van der Waals surface area contributed by atoms with Crippen LogP contribution in [0.4, 0.5) is 0 Å². The van der Waals surface area contributed by atoms with Gasteiger partial charge in [0.05, 0.1) is 12.9 Å². The SMILES string of the molecule is COC(=O)CCCS(=O)(=O)NC1CCN(C)C1=O. The van der Waals surface area contributed by atoms with Crippen molar-refractivity contribution in [2.45, 2.75) is 25.3 Å². The predicted molar refractivity (Wildman–Crippen MR) is 64.2 cm³/mol. The summed E-state index contributed by atoms with van der Waals surface area (Å²) >= 11 is 0. The van der Waals surface area contributed by atoms with Crippen LogP contribution in [0.25, 0.3) is 0 Å². The number of carbonyl (C=O) groups excluding carboxylic acids is 2. The van der Waals surface area contributed by atoms with Gasteiger partial charge < -0.3 is 9.64 Å². The third-order valence-electron chi connectivity index (χ3n) is 2.77. The van der Waals surface area contributed by atoms with E-state index in [1.165, 1.54) is 12.0 Å². The molecule has 1 unspecified atom stereocenters. The Morgan fingerprint density at radius 2 is 2.22 bits per heavy atom. The highest BCUT2D eigenvalue weighted by molar-refractivity contribution is 7.89. The van der Waals surface area contributed by atoms with Crippen LogP contribution in [0.2, 0.25) is 0 Å². The molecule has 0 aromatic heterocycles. The van der Waals surface area contributed by atoms with E-state index in [4.69, 9.17) is 0 Å². The van der Waals surface area contributed by atoms with Crippen LogP contribution in [-0.4, -0.2) is 57.7 Å². The van der Waals surface area contributed by atoms with E-state index in [1.54, 1.807) is 7.05 Å². The Kier molecular flexibility index (Phi) is 5.09. The van der Waals surface area contributed by atoms with Gasteiger partial charge in [-0.1, -0.05) is 0 Å². The lowest BCUT2D eigenvalue weighted by atomic mass is 10.3. The Morgan fingerprint density at radius 1 is 1.56 bits per heavy atom. The largest absolute Gasteiger partial charge is 0.469 e. The summed E-state index contributed by atoms with van der Waals surface area (Å²) in [6, 6.07) is -0.668. The van der Waals surface area contributed by atoms with Crippen LogP contribution < -0.4 is 4.72 Å². The maximum Gasteiger partial charge on any atom is 0.305 e. The topological polar surface area (TPSA) is 92.8 Å². The number of hydrogen-bond acceptors (Lipinski definition) is 5. The van der Waals surface area contributed by atoms with Gasteiger partial charge in [0.25, 0.3) is 0 Å². The van der Waals surface area contributed by atoms with Crippen molar-refractivity contribution in [2.75, 3.05) is 26.5 Å². The zero-order valence-electron chi connectivity index (χ0n) is 10.5. The van der Waals surface area contributed by atoms with Crippen LogP contribution in [0.15, 0.2) is 0 Å². The number of ether oxygens (including phenoxy) is 1. The van der Waals surface area contributed by atoms with E-state index in [-0.39, 0.29) is 24.5 Å². The number of nitrogens with one attached hydrogen (secondary N) is 1. The van der Waals surface area contributed by atoms with Crippen molar-refractivity contribution in [2.24, 2.45) is 0 Å². The summed E-state index contributed by atoms with van der Waals surface area (Å²) in [5.74, 6) is -0.844. The van der Waals surface area contributed by atoms with E-state index in [0.717, 1.165) is 0 Å². The van der Waals surface area contributed by atoms with Gasteiger partial charge in [-0.25, -0.2) is 13.1 Å². The number of likely N-dealkylation sites (N-methyl/N-ethyl adjacent to an activating group) is 1. The predicted octanol–water partition coefficient (Wildman–Crippen LogP) is -0.910. The summed E-state index contributed by atoms with van der Waals surface area (Å²) in [6.45, 7) is 0.550. The quantitative estimate of drug-likeness (QED) is 0.635. The molecule has 104 valence electrons. The molecule has 8 heteroatoms. The smallest absolute Gasteiger partial charge is 0.305 e. The van der Waals surface area contributed by atoms with E-state index < -0.39 is 22.0 Å². The first-order chi connectivity index (χ1) is 8.35. The average molecular weight is 278 g/mol. The summed E-state index contributed by atoms with van der Waals surface area (Å²) in [5, 5.41) is 0. The molecule has 1 heterocycles. The number of amides is 1. The Balaban J connectivity index is 2.41. The second kappa shape index (κ2) is 6.14. The summed E-state index contributed by atoms with van der Waals surface area (Å²) in [4.78, 5) is 23.9. The minimum Gasteiger partial charge on any atom is -0.469 e. The molecule has 0 spiro atoms. The second-order valence-corrected chi connectivity index (χ2v) is 6.09. The van der Waals surface area contributed by atoms with Gasteiger partial charge in [-0.15, -0.1) is 0 Å². The minimum absolute atomic E-state index is 0.0515. The normalized spacial score (nSPS) is 20.2. The lowest BCUT2D eigenvalue weighted by Gasteiger charge is -2.12.